The van der Waals surface area contributed by atoms with Gasteiger partial charge in [0.05, 0.1) is 27.0 Å². The average Bonchev–Trinajstić information content (AvgIpc) is 3.43. The minimum atomic E-state index is 0.583. The molecule has 7 heteroatoms. The van der Waals surface area contributed by atoms with E-state index < -0.39 is 0 Å². The molecule has 0 unspecified atom stereocenters. The van der Waals surface area contributed by atoms with E-state index in [1.165, 1.54) is 10.9 Å². The molecule has 166 valence electrons. The van der Waals surface area contributed by atoms with E-state index in [2.05, 4.69) is 34.3 Å². The van der Waals surface area contributed by atoms with Crippen molar-refractivity contribution in [2.45, 2.75) is 19.9 Å². The van der Waals surface area contributed by atoms with E-state index in [0.29, 0.717) is 11.7 Å². The van der Waals surface area contributed by atoms with Crippen LogP contribution in [-0.2, 0) is 13.0 Å². The van der Waals surface area contributed by atoms with Crippen LogP contribution in [0.3, 0.4) is 0 Å². The van der Waals surface area contributed by atoms with E-state index in [4.69, 9.17) is 26.1 Å². The number of anilines is 1. The van der Waals surface area contributed by atoms with Crippen molar-refractivity contribution in [1.29, 1.82) is 0 Å². The van der Waals surface area contributed by atoms with Crippen molar-refractivity contribution >= 4 is 33.9 Å². The highest BCUT2D eigenvalue weighted by molar-refractivity contribution is 7.80. The molecule has 6 nitrogen and oxygen atoms in total. The molecule has 0 atom stereocenters. The Hall–Kier alpha value is -3.45. The van der Waals surface area contributed by atoms with Gasteiger partial charge in [0, 0.05) is 28.8 Å². The Morgan fingerprint density at radius 2 is 1.81 bits per heavy atom. The van der Waals surface area contributed by atoms with Gasteiger partial charge in [-0.25, -0.2) is 0 Å². The molecule has 2 aromatic heterocycles. The van der Waals surface area contributed by atoms with Crippen LogP contribution in [0.2, 0.25) is 0 Å². The summed E-state index contributed by atoms with van der Waals surface area (Å²) < 4.78 is 16.3. The SMILES string of the molecule is COc1ccc(NC(=S)N(CCc2c(C)[nH]c3ccc(OC)cc23)Cc2ccco2)cc1. The molecule has 0 spiro atoms. The second-order valence-corrected chi connectivity index (χ2v) is 7.94. The molecule has 0 radical (unpaired) electrons. The van der Waals surface area contributed by atoms with Gasteiger partial charge < -0.3 is 29.1 Å². The summed E-state index contributed by atoms with van der Waals surface area (Å²) in [4.78, 5) is 5.60. The Morgan fingerprint density at radius 1 is 1.06 bits per heavy atom. The van der Waals surface area contributed by atoms with Crippen molar-refractivity contribution in [3.05, 3.63) is 77.9 Å². The fourth-order valence-corrected chi connectivity index (χ4v) is 4.05. The van der Waals surface area contributed by atoms with Crippen molar-refractivity contribution < 1.29 is 13.9 Å². The van der Waals surface area contributed by atoms with E-state index in [0.717, 1.165) is 47.1 Å². The number of aromatic amines is 1. The molecule has 4 aromatic rings. The lowest BCUT2D eigenvalue weighted by molar-refractivity contribution is 0.368. The van der Waals surface area contributed by atoms with E-state index >= 15 is 0 Å². The van der Waals surface area contributed by atoms with Gasteiger partial charge in [-0.15, -0.1) is 0 Å². The first kappa shape index (κ1) is 21.8. The summed E-state index contributed by atoms with van der Waals surface area (Å²) in [5.74, 6) is 2.52. The zero-order valence-electron chi connectivity index (χ0n) is 18.5. The quantitative estimate of drug-likeness (QED) is 0.345. The summed E-state index contributed by atoms with van der Waals surface area (Å²) in [5.41, 5.74) is 4.43. The number of aryl methyl sites for hydroxylation is 1. The smallest absolute Gasteiger partial charge is 0.173 e. The second kappa shape index (κ2) is 9.78. The maximum Gasteiger partial charge on any atom is 0.173 e. The van der Waals surface area contributed by atoms with Crippen LogP contribution in [0.25, 0.3) is 10.9 Å². The number of fused-ring (bicyclic) bond motifs is 1. The van der Waals surface area contributed by atoms with Crippen molar-refractivity contribution in [2.75, 3.05) is 26.1 Å². The fraction of sp³-hybridized carbons (Fsp3) is 0.240. The predicted octanol–water partition coefficient (Wildman–Crippen LogP) is 5.53. The van der Waals surface area contributed by atoms with Gasteiger partial charge >= 0.3 is 0 Å². The Kier molecular flexibility index (Phi) is 6.66. The van der Waals surface area contributed by atoms with Crippen LogP contribution in [-0.4, -0.2) is 35.8 Å². The summed E-state index contributed by atoms with van der Waals surface area (Å²) in [7, 11) is 3.34. The van der Waals surface area contributed by atoms with E-state index in [1.54, 1.807) is 20.5 Å². The number of H-pyrrole nitrogens is 1. The molecule has 0 fully saturated rings. The van der Waals surface area contributed by atoms with Crippen LogP contribution in [0, 0.1) is 6.92 Å². The number of nitrogens with zero attached hydrogens (tertiary/aromatic N) is 1. The first-order chi connectivity index (χ1) is 15.6. The Morgan fingerprint density at radius 3 is 2.50 bits per heavy atom. The Balaban J connectivity index is 1.53. The van der Waals surface area contributed by atoms with E-state index in [1.807, 2.05) is 42.5 Å². The minimum Gasteiger partial charge on any atom is -0.497 e. The van der Waals surface area contributed by atoms with Gasteiger partial charge in [0.2, 0.25) is 0 Å². The van der Waals surface area contributed by atoms with Crippen LogP contribution < -0.4 is 14.8 Å². The number of rotatable bonds is 8. The minimum absolute atomic E-state index is 0.583. The number of thiocarbonyl (C=S) groups is 1. The molecule has 0 aliphatic heterocycles. The summed E-state index contributed by atoms with van der Waals surface area (Å²) >= 11 is 5.77. The molecule has 32 heavy (non-hydrogen) atoms. The molecule has 0 amide bonds. The third-order valence-corrected chi connectivity index (χ3v) is 5.87. The molecular weight excluding hydrogens is 422 g/mol. The number of furan rings is 1. The topological polar surface area (TPSA) is 62.7 Å². The zero-order valence-corrected chi connectivity index (χ0v) is 19.3. The molecule has 0 bridgehead atoms. The molecular formula is C25H27N3O3S. The predicted molar refractivity (Wildman–Crippen MR) is 132 cm³/mol. The number of hydrogen-bond donors (Lipinski definition) is 2. The van der Waals surface area contributed by atoms with Gasteiger partial charge in [-0.2, -0.15) is 0 Å². The largest absolute Gasteiger partial charge is 0.497 e. The normalized spacial score (nSPS) is 10.8. The lowest BCUT2D eigenvalue weighted by Crippen LogP contribution is -2.35. The van der Waals surface area contributed by atoms with Crippen molar-refractivity contribution in [2.24, 2.45) is 0 Å². The molecule has 0 saturated carbocycles. The molecule has 2 N–H and O–H groups in total. The third kappa shape index (κ3) is 4.89. The fourth-order valence-electron chi connectivity index (χ4n) is 3.78. The number of hydrogen-bond acceptors (Lipinski definition) is 4. The number of methoxy groups -OCH3 is 2. The summed E-state index contributed by atoms with van der Waals surface area (Å²) in [6.45, 7) is 3.42. The molecule has 4 rings (SSSR count). The van der Waals surface area contributed by atoms with Gasteiger partial charge in [-0.05, 0) is 85.7 Å². The molecule has 0 saturated heterocycles. The number of ether oxygens (including phenoxy) is 2. The summed E-state index contributed by atoms with van der Waals surface area (Å²) in [6, 6.07) is 17.7. The van der Waals surface area contributed by atoms with Crippen molar-refractivity contribution in [3.63, 3.8) is 0 Å². The van der Waals surface area contributed by atoms with Crippen LogP contribution >= 0.6 is 12.2 Å². The summed E-state index contributed by atoms with van der Waals surface area (Å²) in [5, 5.41) is 5.15. The van der Waals surface area contributed by atoms with Crippen LogP contribution in [0.4, 0.5) is 5.69 Å². The molecule has 0 aliphatic rings. The Labute approximate surface area is 193 Å². The monoisotopic (exact) mass is 449 g/mol. The number of benzene rings is 2. The van der Waals surface area contributed by atoms with Crippen LogP contribution in [0.15, 0.2) is 65.3 Å². The van der Waals surface area contributed by atoms with Gasteiger partial charge in [0.25, 0.3) is 0 Å². The highest BCUT2D eigenvalue weighted by Gasteiger charge is 2.16. The zero-order chi connectivity index (χ0) is 22.5. The highest BCUT2D eigenvalue weighted by atomic mass is 32.1. The lowest BCUT2D eigenvalue weighted by atomic mass is 10.1. The summed E-state index contributed by atoms with van der Waals surface area (Å²) in [6.07, 6.45) is 2.51. The van der Waals surface area contributed by atoms with Gasteiger partial charge in [-0.3, -0.25) is 0 Å². The highest BCUT2D eigenvalue weighted by Crippen LogP contribution is 2.27. The van der Waals surface area contributed by atoms with Crippen LogP contribution in [0.5, 0.6) is 11.5 Å². The first-order valence-corrected chi connectivity index (χ1v) is 10.9. The second-order valence-electron chi connectivity index (χ2n) is 7.55. The molecule has 0 aliphatic carbocycles. The Bertz CT molecular complexity index is 1180. The van der Waals surface area contributed by atoms with Crippen molar-refractivity contribution in [1.82, 2.24) is 9.88 Å². The van der Waals surface area contributed by atoms with Gasteiger partial charge in [-0.1, -0.05) is 0 Å². The maximum absolute atomic E-state index is 5.77. The van der Waals surface area contributed by atoms with Gasteiger partial charge in [0.15, 0.2) is 5.11 Å². The standard InChI is InChI=1S/C25H27N3O3S/c1-17-22(23-15-20(30-3)10-11-24(23)26-17)12-13-28(16-21-5-4-14-31-21)25(32)27-18-6-8-19(29-2)9-7-18/h4-11,14-15,26H,12-13,16H2,1-3H3,(H,27,32). The molecule has 2 aromatic carbocycles. The number of nitrogens with one attached hydrogen (secondary N) is 2. The third-order valence-electron chi connectivity index (χ3n) is 5.51. The van der Waals surface area contributed by atoms with Gasteiger partial charge in [0.1, 0.15) is 17.3 Å². The maximum atomic E-state index is 5.77. The lowest BCUT2D eigenvalue weighted by Gasteiger charge is -2.25. The van der Waals surface area contributed by atoms with E-state index in [9.17, 15) is 0 Å². The van der Waals surface area contributed by atoms with Crippen LogP contribution in [0.1, 0.15) is 17.0 Å². The average molecular weight is 450 g/mol. The first-order valence-electron chi connectivity index (χ1n) is 10.4. The molecule has 2 heterocycles. The van der Waals surface area contributed by atoms with E-state index in [-0.39, 0.29) is 0 Å². The number of aromatic nitrogens is 1. The van der Waals surface area contributed by atoms with Crippen molar-refractivity contribution in [3.8, 4) is 11.5 Å².